The van der Waals surface area contributed by atoms with Crippen LogP contribution in [-0.4, -0.2) is 23.3 Å². The summed E-state index contributed by atoms with van der Waals surface area (Å²) < 4.78 is 11.0. The average molecular weight is 445 g/mol. The number of amides is 1. The Morgan fingerprint density at radius 3 is 2.60 bits per heavy atom. The van der Waals surface area contributed by atoms with Crippen LogP contribution in [0.2, 0.25) is 5.02 Å². The minimum absolute atomic E-state index is 0.0362. The van der Waals surface area contributed by atoms with Crippen molar-refractivity contribution >= 4 is 40.4 Å². The molecular weight excluding hydrogens is 416 g/mol. The Morgan fingerprint density at radius 2 is 1.93 bits per heavy atom. The monoisotopic (exact) mass is 444 g/mol. The fourth-order valence-electron chi connectivity index (χ4n) is 3.85. The van der Waals surface area contributed by atoms with E-state index in [1.165, 1.54) is 22.9 Å². The number of carbonyl (C=O) groups excluding carboxylic acids is 1. The van der Waals surface area contributed by atoms with Crippen LogP contribution in [0.1, 0.15) is 42.5 Å². The number of fused-ring (bicyclic) bond motifs is 1. The van der Waals surface area contributed by atoms with E-state index in [-0.39, 0.29) is 11.9 Å². The lowest BCUT2D eigenvalue weighted by Crippen LogP contribution is -2.27. The number of benzene rings is 2. The number of hydrogen-bond acceptors (Lipinski definition) is 3. The molecule has 0 bridgehead atoms. The van der Waals surface area contributed by atoms with Crippen LogP contribution in [0.4, 0.5) is 0 Å². The van der Waals surface area contributed by atoms with Gasteiger partial charge in [-0.15, -0.1) is 0 Å². The third-order valence-corrected chi connectivity index (χ3v) is 6.32. The Hall–Kier alpha value is -2.11. The van der Waals surface area contributed by atoms with Crippen LogP contribution in [0.25, 0.3) is 10.9 Å². The highest BCUT2D eigenvalue weighted by molar-refractivity contribution is 7.97. The van der Waals surface area contributed by atoms with Crippen molar-refractivity contribution in [2.24, 2.45) is 0 Å². The van der Waals surface area contributed by atoms with Crippen LogP contribution in [0.3, 0.4) is 0 Å². The Morgan fingerprint density at radius 1 is 1.23 bits per heavy atom. The first kappa shape index (κ1) is 22.6. The molecule has 1 aromatic heterocycles. The summed E-state index contributed by atoms with van der Waals surface area (Å²) in [6.07, 6.45) is 6.52. The van der Waals surface area contributed by atoms with Gasteiger partial charge in [-0.2, -0.15) is 0 Å². The number of nitrogens with one attached hydrogen (secondary N) is 1. The molecule has 0 aliphatic carbocycles. The van der Waals surface area contributed by atoms with Gasteiger partial charge in [-0.3, -0.25) is 9.52 Å². The molecule has 1 unspecified atom stereocenters. The molecular formula is C24H29ClN2O2S. The molecule has 0 fully saturated rings. The van der Waals surface area contributed by atoms with Crippen LogP contribution < -0.4 is 9.46 Å². The van der Waals surface area contributed by atoms with Crippen molar-refractivity contribution in [3.8, 4) is 5.75 Å². The lowest BCUT2D eigenvalue weighted by molar-refractivity contribution is -0.122. The van der Waals surface area contributed by atoms with E-state index in [1.807, 2.05) is 45.2 Å². The van der Waals surface area contributed by atoms with Gasteiger partial charge in [-0.05, 0) is 68.0 Å². The molecule has 2 aromatic carbocycles. The number of nitrogens with zero attached hydrogens (tertiary/aromatic N) is 1. The number of aromatic nitrogens is 1. The van der Waals surface area contributed by atoms with Gasteiger partial charge in [0.15, 0.2) is 0 Å². The smallest absolute Gasteiger partial charge is 0.252 e. The molecule has 1 N–H and O–H groups in total. The Labute approximate surface area is 188 Å². The van der Waals surface area contributed by atoms with E-state index in [1.54, 1.807) is 0 Å². The first-order valence-electron chi connectivity index (χ1n) is 10.3. The third kappa shape index (κ3) is 4.96. The standard InChI is InChI=1S/C24H29ClN2O2S/c1-5-21(24(28)26-30-4)27-15-18(20-10-6-7-11-22(20)27)9-8-12-29-19-13-16(2)23(25)17(3)14-19/h6-7,10-11,13-15,21H,5,8-9,12H2,1-4H3,(H,26,28). The summed E-state index contributed by atoms with van der Waals surface area (Å²) in [6.45, 7) is 6.66. The number of aryl methyl sites for hydroxylation is 3. The zero-order valence-corrected chi connectivity index (χ0v) is 19.6. The molecule has 1 atom stereocenters. The van der Waals surface area contributed by atoms with Gasteiger partial charge < -0.3 is 9.30 Å². The maximum atomic E-state index is 12.5. The van der Waals surface area contributed by atoms with Crippen LogP contribution in [0.5, 0.6) is 5.75 Å². The largest absolute Gasteiger partial charge is 0.494 e. The fourth-order valence-corrected chi connectivity index (χ4v) is 4.30. The summed E-state index contributed by atoms with van der Waals surface area (Å²) >= 11 is 7.58. The van der Waals surface area contributed by atoms with Gasteiger partial charge in [0, 0.05) is 28.4 Å². The molecule has 0 spiro atoms. The Balaban J connectivity index is 1.73. The van der Waals surface area contributed by atoms with Crippen molar-refractivity contribution in [3.05, 3.63) is 64.3 Å². The number of ether oxygens (including phenoxy) is 1. The van der Waals surface area contributed by atoms with Gasteiger partial charge in [0.25, 0.3) is 5.91 Å². The van der Waals surface area contributed by atoms with E-state index < -0.39 is 0 Å². The predicted molar refractivity (Wildman–Crippen MR) is 128 cm³/mol. The maximum Gasteiger partial charge on any atom is 0.252 e. The molecule has 1 heterocycles. The van der Waals surface area contributed by atoms with E-state index in [9.17, 15) is 4.79 Å². The highest BCUT2D eigenvalue weighted by Gasteiger charge is 2.21. The van der Waals surface area contributed by atoms with Gasteiger partial charge in [0.1, 0.15) is 11.8 Å². The number of rotatable bonds is 9. The first-order valence-corrected chi connectivity index (χ1v) is 11.9. The molecule has 4 nitrogen and oxygen atoms in total. The van der Waals surface area contributed by atoms with Crippen molar-refractivity contribution < 1.29 is 9.53 Å². The van der Waals surface area contributed by atoms with Crippen LogP contribution in [0.15, 0.2) is 42.6 Å². The SMILES string of the molecule is CCC(C(=O)NSC)n1cc(CCCOc2cc(C)c(Cl)c(C)c2)c2ccccc21. The predicted octanol–water partition coefficient (Wildman–Crippen LogP) is 6.27. The van der Waals surface area contributed by atoms with Crippen molar-refractivity contribution in [3.63, 3.8) is 0 Å². The highest BCUT2D eigenvalue weighted by atomic mass is 35.5. The highest BCUT2D eigenvalue weighted by Crippen LogP contribution is 2.28. The first-order chi connectivity index (χ1) is 14.5. The lowest BCUT2D eigenvalue weighted by Gasteiger charge is -2.17. The Bertz CT molecular complexity index is 1010. The topological polar surface area (TPSA) is 43.3 Å². The maximum absolute atomic E-state index is 12.5. The summed E-state index contributed by atoms with van der Waals surface area (Å²) in [7, 11) is 0. The van der Waals surface area contributed by atoms with Gasteiger partial charge in [0.2, 0.25) is 0 Å². The van der Waals surface area contributed by atoms with Gasteiger partial charge in [-0.1, -0.05) is 48.7 Å². The molecule has 0 saturated heterocycles. The van der Waals surface area contributed by atoms with Gasteiger partial charge >= 0.3 is 0 Å². The number of hydrogen-bond donors (Lipinski definition) is 1. The second kappa shape index (κ2) is 10.3. The van der Waals surface area contributed by atoms with Crippen molar-refractivity contribution in [1.82, 2.24) is 9.29 Å². The van der Waals surface area contributed by atoms with Gasteiger partial charge in [0.05, 0.1) is 6.61 Å². The normalized spacial score (nSPS) is 12.2. The van der Waals surface area contributed by atoms with E-state index >= 15 is 0 Å². The number of para-hydroxylation sites is 1. The fraction of sp³-hybridized carbons (Fsp3) is 0.375. The molecule has 0 radical (unpaired) electrons. The zero-order valence-electron chi connectivity index (χ0n) is 18.0. The summed E-state index contributed by atoms with van der Waals surface area (Å²) in [5.41, 5.74) is 4.40. The van der Waals surface area contributed by atoms with Crippen LogP contribution in [-0.2, 0) is 11.2 Å². The molecule has 1 amide bonds. The number of carbonyl (C=O) groups is 1. The molecule has 3 rings (SSSR count). The number of halogens is 1. The zero-order chi connectivity index (χ0) is 21.7. The summed E-state index contributed by atoms with van der Waals surface area (Å²) in [4.78, 5) is 12.5. The van der Waals surface area contributed by atoms with Gasteiger partial charge in [-0.25, -0.2) is 0 Å². The molecule has 6 heteroatoms. The average Bonchev–Trinajstić information content (AvgIpc) is 3.09. The summed E-state index contributed by atoms with van der Waals surface area (Å²) in [5, 5.41) is 2.00. The van der Waals surface area contributed by atoms with E-state index in [2.05, 4.69) is 33.7 Å². The lowest BCUT2D eigenvalue weighted by atomic mass is 10.1. The molecule has 0 aliphatic rings. The van der Waals surface area contributed by atoms with Crippen LogP contribution in [0, 0.1) is 13.8 Å². The second-order valence-corrected chi connectivity index (χ2v) is 8.49. The van der Waals surface area contributed by atoms with Crippen molar-refractivity contribution in [1.29, 1.82) is 0 Å². The van der Waals surface area contributed by atoms with E-state index in [4.69, 9.17) is 16.3 Å². The molecule has 160 valence electrons. The second-order valence-electron chi connectivity index (χ2n) is 7.50. The van der Waals surface area contributed by atoms with E-state index in [0.717, 1.165) is 46.7 Å². The molecule has 0 aliphatic heterocycles. The molecule has 3 aromatic rings. The minimum atomic E-state index is -0.215. The van der Waals surface area contributed by atoms with Crippen LogP contribution >= 0.6 is 23.5 Å². The summed E-state index contributed by atoms with van der Waals surface area (Å²) in [5.74, 6) is 0.894. The molecule has 30 heavy (non-hydrogen) atoms. The third-order valence-electron chi connectivity index (χ3n) is 5.32. The quantitative estimate of drug-likeness (QED) is 0.312. The Kier molecular flexibility index (Phi) is 7.73. The van der Waals surface area contributed by atoms with Crippen molar-refractivity contribution in [2.45, 2.75) is 46.1 Å². The van der Waals surface area contributed by atoms with Crippen molar-refractivity contribution in [2.75, 3.05) is 12.9 Å². The minimum Gasteiger partial charge on any atom is -0.494 e. The summed E-state index contributed by atoms with van der Waals surface area (Å²) in [6, 6.07) is 12.0. The van der Waals surface area contributed by atoms with E-state index in [0.29, 0.717) is 6.61 Å². The molecule has 0 saturated carbocycles.